The van der Waals surface area contributed by atoms with Gasteiger partial charge in [-0.3, -0.25) is 9.59 Å². The second-order valence-electron chi connectivity index (χ2n) is 5.28. The summed E-state index contributed by atoms with van der Waals surface area (Å²) < 4.78 is 5.67. The topological polar surface area (TPSA) is 66.8 Å². The molecular weight excluding hydrogens is 270 g/mol. The molecule has 0 spiro atoms. The summed E-state index contributed by atoms with van der Waals surface area (Å²) in [4.78, 5) is 24.4. The van der Waals surface area contributed by atoms with Crippen LogP contribution in [0.4, 0.5) is 5.69 Å². The molecule has 0 saturated carbocycles. The van der Waals surface area contributed by atoms with E-state index in [1.165, 1.54) is 0 Å². The summed E-state index contributed by atoms with van der Waals surface area (Å²) in [7, 11) is 0. The van der Waals surface area contributed by atoms with Crippen molar-refractivity contribution in [3.63, 3.8) is 0 Å². The Morgan fingerprint density at radius 1 is 1.52 bits per heavy atom. The molecule has 1 aliphatic heterocycles. The summed E-state index contributed by atoms with van der Waals surface area (Å²) in [6, 6.07) is 5.48. The monoisotopic (exact) mass is 291 g/mol. The zero-order valence-electron chi connectivity index (χ0n) is 12.2. The second-order valence-corrected chi connectivity index (χ2v) is 5.28. The minimum atomic E-state index is -0.777. The highest BCUT2D eigenvalue weighted by molar-refractivity contribution is 5.89. The van der Waals surface area contributed by atoms with Gasteiger partial charge in [0.05, 0.1) is 23.8 Å². The lowest BCUT2D eigenvalue weighted by Gasteiger charge is -2.21. The predicted octanol–water partition coefficient (Wildman–Crippen LogP) is 2.59. The molecule has 1 fully saturated rings. The highest BCUT2D eigenvalue weighted by Gasteiger charge is 2.29. The Morgan fingerprint density at radius 3 is 2.95 bits per heavy atom. The van der Waals surface area contributed by atoms with Crippen molar-refractivity contribution in [1.82, 2.24) is 0 Å². The molecule has 0 radical (unpaired) electrons. The third-order valence-corrected chi connectivity index (χ3v) is 3.79. The maximum Gasteiger partial charge on any atom is 0.308 e. The predicted molar refractivity (Wildman–Crippen MR) is 80.2 cm³/mol. The largest absolute Gasteiger partial charge is 0.493 e. The van der Waals surface area contributed by atoms with Gasteiger partial charge >= 0.3 is 5.97 Å². The summed E-state index contributed by atoms with van der Waals surface area (Å²) in [5.41, 5.74) is 1.28. The number of benzene rings is 1. The van der Waals surface area contributed by atoms with E-state index in [4.69, 9.17) is 9.84 Å². The first-order valence-electron chi connectivity index (χ1n) is 7.36. The van der Waals surface area contributed by atoms with E-state index in [0.717, 1.165) is 24.8 Å². The van der Waals surface area contributed by atoms with Crippen molar-refractivity contribution in [2.45, 2.75) is 26.2 Å². The van der Waals surface area contributed by atoms with Crippen molar-refractivity contribution >= 4 is 17.9 Å². The van der Waals surface area contributed by atoms with Crippen molar-refractivity contribution in [2.75, 3.05) is 24.6 Å². The first kappa shape index (κ1) is 15.4. The average molecular weight is 291 g/mol. The van der Waals surface area contributed by atoms with Gasteiger partial charge in [-0.2, -0.15) is 0 Å². The summed E-state index contributed by atoms with van der Waals surface area (Å²) in [6.45, 7) is 3.75. The van der Waals surface area contributed by atoms with Gasteiger partial charge in [0.25, 0.3) is 0 Å². The molecule has 21 heavy (non-hydrogen) atoms. The highest BCUT2D eigenvalue weighted by atomic mass is 16.5. The normalized spacial score (nSPS) is 17.8. The molecule has 0 aliphatic carbocycles. The van der Waals surface area contributed by atoms with Gasteiger partial charge < -0.3 is 14.7 Å². The Morgan fingerprint density at radius 2 is 2.33 bits per heavy atom. The number of nitrogens with zero attached hydrogens (tertiary/aromatic N) is 1. The standard InChI is InChI=1S/C16H21NO4/c1-2-3-9-21-15-6-4-5-14(13(15)11-18)17-8-7-12(10-17)16(19)20/h4-6,11-12H,2-3,7-10H2,1H3,(H,19,20). The summed E-state index contributed by atoms with van der Waals surface area (Å²) >= 11 is 0. The van der Waals surface area contributed by atoms with Crippen LogP contribution in [-0.2, 0) is 4.79 Å². The number of anilines is 1. The van der Waals surface area contributed by atoms with Crippen LogP contribution in [0.3, 0.4) is 0 Å². The average Bonchev–Trinajstić information content (AvgIpc) is 2.97. The van der Waals surface area contributed by atoms with Gasteiger partial charge in [-0.1, -0.05) is 19.4 Å². The van der Waals surface area contributed by atoms with Gasteiger partial charge in [-0.05, 0) is 25.0 Å². The number of hydrogen-bond donors (Lipinski definition) is 1. The molecule has 1 aromatic carbocycles. The molecule has 0 bridgehead atoms. The SMILES string of the molecule is CCCCOc1cccc(N2CCC(C(=O)O)C2)c1C=O. The van der Waals surface area contributed by atoms with E-state index in [9.17, 15) is 9.59 Å². The molecule has 5 heteroatoms. The lowest BCUT2D eigenvalue weighted by atomic mass is 10.1. The van der Waals surface area contributed by atoms with Crippen molar-refractivity contribution in [3.8, 4) is 5.75 Å². The first-order valence-corrected chi connectivity index (χ1v) is 7.36. The van der Waals surface area contributed by atoms with Crippen LogP contribution in [0, 0.1) is 5.92 Å². The Kier molecular flexibility index (Phi) is 5.20. The number of aldehydes is 1. The fourth-order valence-electron chi connectivity index (χ4n) is 2.56. The summed E-state index contributed by atoms with van der Waals surface area (Å²) in [6.07, 6.45) is 3.37. The van der Waals surface area contributed by atoms with Crippen LogP contribution in [-0.4, -0.2) is 37.1 Å². The van der Waals surface area contributed by atoms with Gasteiger partial charge in [-0.25, -0.2) is 0 Å². The van der Waals surface area contributed by atoms with Gasteiger partial charge in [0.15, 0.2) is 6.29 Å². The van der Waals surface area contributed by atoms with Gasteiger partial charge in [0.1, 0.15) is 5.75 Å². The lowest BCUT2D eigenvalue weighted by molar-refractivity contribution is -0.140. The third-order valence-electron chi connectivity index (χ3n) is 3.79. The van der Waals surface area contributed by atoms with Crippen LogP contribution in [0.2, 0.25) is 0 Å². The van der Waals surface area contributed by atoms with E-state index in [-0.39, 0.29) is 5.92 Å². The quantitative estimate of drug-likeness (QED) is 0.618. The van der Waals surface area contributed by atoms with Crippen LogP contribution in [0.1, 0.15) is 36.5 Å². The number of ether oxygens (including phenoxy) is 1. The van der Waals surface area contributed by atoms with Gasteiger partial charge in [-0.15, -0.1) is 0 Å². The molecule has 1 atom stereocenters. The molecular formula is C16H21NO4. The Hall–Kier alpha value is -2.04. The fraction of sp³-hybridized carbons (Fsp3) is 0.500. The number of carbonyl (C=O) groups excluding carboxylic acids is 1. The van der Waals surface area contributed by atoms with Crippen LogP contribution >= 0.6 is 0 Å². The molecule has 0 amide bonds. The number of aliphatic carboxylic acids is 1. The number of unbranched alkanes of at least 4 members (excludes halogenated alkanes) is 1. The minimum Gasteiger partial charge on any atom is -0.493 e. The van der Waals surface area contributed by atoms with E-state index in [0.29, 0.717) is 37.4 Å². The molecule has 114 valence electrons. The van der Waals surface area contributed by atoms with E-state index >= 15 is 0 Å². The van der Waals surface area contributed by atoms with Crippen molar-refractivity contribution in [1.29, 1.82) is 0 Å². The summed E-state index contributed by atoms with van der Waals surface area (Å²) in [5, 5.41) is 9.08. The number of hydrogen-bond acceptors (Lipinski definition) is 4. The molecule has 1 heterocycles. The van der Waals surface area contributed by atoms with Crippen molar-refractivity contribution in [2.24, 2.45) is 5.92 Å². The van der Waals surface area contributed by atoms with E-state index < -0.39 is 5.97 Å². The lowest BCUT2D eigenvalue weighted by Crippen LogP contribution is -2.23. The smallest absolute Gasteiger partial charge is 0.308 e. The number of rotatable bonds is 7. The van der Waals surface area contributed by atoms with Crippen molar-refractivity contribution < 1.29 is 19.4 Å². The Labute approximate surface area is 124 Å². The third kappa shape index (κ3) is 3.54. The zero-order chi connectivity index (χ0) is 15.2. The molecule has 1 N–H and O–H groups in total. The Bertz CT molecular complexity index is 515. The van der Waals surface area contributed by atoms with Crippen LogP contribution in [0.15, 0.2) is 18.2 Å². The number of carboxylic acids is 1. The van der Waals surface area contributed by atoms with Crippen LogP contribution in [0.5, 0.6) is 5.75 Å². The van der Waals surface area contributed by atoms with E-state index in [1.54, 1.807) is 6.07 Å². The maximum atomic E-state index is 11.4. The molecule has 1 unspecified atom stereocenters. The second kappa shape index (κ2) is 7.11. The van der Waals surface area contributed by atoms with Crippen molar-refractivity contribution in [3.05, 3.63) is 23.8 Å². The fourth-order valence-corrected chi connectivity index (χ4v) is 2.56. The van der Waals surface area contributed by atoms with Gasteiger partial charge in [0.2, 0.25) is 0 Å². The maximum absolute atomic E-state index is 11.4. The van der Waals surface area contributed by atoms with E-state index in [1.807, 2.05) is 17.0 Å². The molecule has 0 aromatic heterocycles. The first-order chi connectivity index (χ1) is 10.2. The zero-order valence-corrected chi connectivity index (χ0v) is 12.2. The summed E-state index contributed by atoms with van der Waals surface area (Å²) in [5.74, 6) is -0.565. The molecule has 1 aliphatic rings. The number of carbonyl (C=O) groups is 2. The molecule has 1 saturated heterocycles. The molecule has 5 nitrogen and oxygen atoms in total. The van der Waals surface area contributed by atoms with Gasteiger partial charge in [0, 0.05) is 13.1 Å². The minimum absolute atomic E-state index is 0.367. The molecule has 1 aromatic rings. The molecule has 2 rings (SSSR count). The highest BCUT2D eigenvalue weighted by Crippen LogP contribution is 2.31. The van der Waals surface area contributed by atoms with E-state index in [2.05, 4.69) is 6.92 Å². The Balaban J connectivity index is 2.18. The number of carboxylic acid groups (broad SMARTS) is 1. The van der Waals surface area contributed by atoms with Crippen LogP contribution in [0.25, 0.3) is 0 Å². The van der Waals surface area contributed by atoms with Crippen LogP contribution < -0.4 is 9.64 Å².